The quantitative estimate of drug-likeness (QED) is 0.521. The predicted molar refractivity (Wildman–Crippen MR) is 143 cm³/mol. The molecule has 0 atom stereocenters. The number of H-pyrrole nitrogens is 1. The molecule has 5 N–H and O–H groups in total. The van der Waals surface area contributed by atoms with E-state index in [0.717, 1.165) is 74.5 Å². The molecular formula is C27H37N7O. The average molecular weight is 476 g/mol. The maximum atomic E-state index is 6.65. The van der Waals surface area contributed by atoms with Gasteiger partial charge in [-0.2, -0.15) is 5.10 Å². The number of anilines is 2. The first kappa shape index (κ1) is 23.5. The number of ether oxygens (including phenoxy) is 1. The summed E-state index contributed by atoms with van der Waals surface area (Å²) in [4.78, 5) is 8.04. The number of nitrogens with two attached hydrogens (primary N) is 2. The minimum absolute atomic E-state index is 0.377. The Morgan fingerprint density at radius 3 is 2.49 bits per heavy atom. The van der Waals surface area contributed by atoms with E-state index in [4.69, 9.17) is 16.2 Å². The first-order chi connectivity index (χ1) is 16.9. The topological polar surface area (TPSA) is 101 Å². The number of nitrogens with zero attached hydrogens (tertiary/aromatic N) is 4. The molecule has 2 saturated heterocycles. The SMILES string of the molecule is Cc1cc(/C(N)=C/c2c(-c3cnn(C4CCOCC4)c3)c[nH]c2N)cc(C)c1N1CCN(C)CC1. The van der Waals surface area contributed by atoms with Crippen LogP contribution in [0.15, 0.2) is 30.7 Å². The molecule has 4 heterocycles. The second kappa shape index (κ2) is 9.79. The molecule has 0 aliphatic carbocycles. The molecule has 2 aromatic heterocycles. The van der Waals surface area contributed by atoms with Crippen molar-refractivity contribution in [2.24, 2.45) is 5.73 Å². The summed E-state index contributed by atoms with van der Waals surface area (Å²) in [6, 6.07) is 4.76. The summed E-state index contributed by atoms with van der Waals surface area (Å²) in [7, 11) is 2.18. The number of nitrogen functional groups attached to an aromatic ring is 1. The molecule has 5 rings (SSSR count). The lowest BCUT2D eigenvalue weighted by atomic mass is 9.99. The van der Waals surface area contributed by atoms with Gasteiger partial charge in [0.1, 0.15) is 5.82 Å². The molecule has 186 valence electrons. The van der Waals surface area contributed by atoms with Crippen molar-refractivity contribution >= 4 is 23.3 Å². The zero-order valence-electron chi connectivity index (χ0n) is 21.1. The zero-order valence-corrected chi connectivity index (χ0v) is 21.1. The van der Waals surface area contributed by atoms with Crippen molar-refractivity contribution in [2.75, 3.05) is 57.1 Å². The van der Waals surface area contributed by atoms with Crippen LogP contribution >= 0.6 is 0 Å². The number of hydrogen-bond acceptors (Lipinski definition) is 6. The van der Waals surface area contributed by atoms with Crippen LogP contribution < -0.4 is 16.4 Å². The van der Waals surface area contributed by atoms with Gasteiger partial charge in [-0.15, -0.1) is 0 Å². The van der Waals surface area contributed by atoms with Crippen LogP contribution in [-0.4, -0.2) is 66.1 Å². The van der Waals surface area contributed by atoms with Crippen LogP contribution in [0.4, 0.5) is 11.5 Å². The number of piperazine rings is 1. The smallest absolute Gasteiger partial charge is 0.108 e. The third-order valence-corrected chi connectivity index (χ3v) is 7.37. The molecule has 3 aromatic rings. The van der Waals surface area contributed by atoms with Gasteiger partial charge in [0.05, 0.1) is 12.2 Å². The minimum atomic E-state index is 0.377. The monoisotopic (exact) mass is 475 g/mol. The molecule has 35 heavy (non-hydrogen) atoms. The van der Waals surface area contributed by atoms with Crippen molar-refractivity contribution in [1.29, 1.82) is 0 Å². The van der Waals surface area contributed by atoms with Gasteiger partial charge in [0, 0.05) is 79.9 Å². The van der Waals surface area contributed by atoms with E-state index in [9.17, 15) is 0 Å². The van der Waals surface area contributed by atoms with E-state index in [0.29, 0.717) is 17.6 Å². The normalized spacial score (nSPS) is 18.4. The average Bonchev–Trinajstić information content (AvgIpc) is 3.47. The summed E-state index contributed by atoms with van der Waals surface area (Å²) in [6.45, 7) is 10.2. The molecular weight excluding hydrogens is 438 g/mol. The van der Waals surface area contributed by atoms with Crippen molar-refractivity contribution in [3.63, 3.8) is 0 Å². The Morgan fingerprint density at radius 1 is 1.11 bits per heavy atom. The summed E-state index contributed by atoms with van der Waals surface area (Å²) < 4.78 is 7.55. The summed E-state index contributed by atoms with van der Waals surface area (Å²) in [5, 5.41) is 4.63. The Labute approximate surface area is 207 Å². The van der Waals surface area contributed by atoms with Gasteiger partial charge >= 0.3 is 0 Å². The van der Waals surface area contributed by atoms with Gasteiger partial charge in [0.15, 0.2) is 0 Å². The van der Waals surface area contributed by atoms with Crippen molar-refractivity contribution in [2.45, 2.75) is 32.7 Å². The van der Waals surface area contributed by atoms with Gasteiger partial charge in [0.25, 0.3) is 0 Å². The predicted octanol–water partition coefficient (Wildman–Crippen LogP) is 3.64. The molecule has 0 saturated carbocycles. The van der Waals surface area contributed by atoms with E-state index < -0.39 is 0 Å². The molecule has 1 aromatic carbocycles. The number of rotatable bonds is 5. The molecule has 8 nitrogen and oxygen atoms in total. The molecule has 2 aliphatic rings. The third kappa shape index (κ3) is 4.81. The van der Waals surface area contributed by atoms with Gasteiger partial charge < -0.3 is 31.0 Å². The first-order valence-electron chi connectivity index (χ1n) is 12.5. The highest BCUT2D eigenvalue weighted by Gasteiger charge is 2.20. The van der Waals surface area contributed by atoms with E-state index >= 15 is 0 Å². The fraction of sp³-hybridized carbons (Fsp3) is 0.444. The van der Waals surface area contributed by atoms with Crippen LogP contribution in [-0.2, 0) is 4.74 Å². The Morgan fingerprint density at radius 2 is 1.80 bits per heavy atom. The fourth-order valence-corrected chi connectivity index (χ4v) is 5.36. The second-order valence-corrected chi connectivity index (χ2v) is 9.93. The van der Waals surface area contributed by atoms with Crippen LogP contribution in [0, 0.1) is 13.8 Å². The number of aryl methyl sites for hydroxylation is 2. The van der Waals surface area contributed by atoms with Crippen LogP contribution in [0.1, 0.15) is 41.1 Å². The molecule has 8 heteroatoms. The Balaban J connectivity index is 1.42. The summed E-state index contributed by atoms with van der Waals surface area (Å²) >= 11 is 0. The molecule has 2 aliphatic heterocycles. The number of likely N-dealkylation sites (N-methyl/N-ethyl adjacent to an activating group) is 1. The van der Waals surface area contributed by atoms with Gasteiger partial charge in [0.2, 0.25) is 0 Å². The largest absolute Gasteiger partial charge is 0.398 e. The van der Waals surface area contributed by atoms with Crippen LogP contribution in [0.2, 0.25) is 0 Å². The number of aromatic amines is 1. The van der Waals surface area contributed by atoms with Gasteiger partial charge in [-0.05, 0) is 68.6 Å². The van der Waals surface area contributed by atoms with Crippen LogP contribution in [0.25, 0.3) is 22.9 Å². The van der Waals surface area contributed by atoms with Crippen molar-refractivity contribution in [3.8, 4) is 11.1 Å². The van der Waals surface area contributed by atoms with Crippen molar-refractivity contribution in [1.82, 2.24) is 19.7 Å². The first-order valence-corrected chi connectivity index (χ1v) is 12.5. The van der Waals surface area contributed by atoms with Gasteiger partial charge in [-0.1, -0.05) is 0 Å². The Bertz CT molecular complexity index is 1190. The molecule has 2 fully saturated rings. The minimum Gasteiger partial charge on any atom is -0.398 e. The number of nitrogens with one attached hydrogen (secondary N) is 1. The highest BCUT2D eigenvalue weighted by Crippen LogP contribution is 2.33. The van der Waals surface area contributed by atoms with E-state index in [1.165, 1.54) is 16.8 Å². The molecule has 0 radical (unpaired) electrons. The van der Waals surface area contributed by atoms with Gasteiger partial charge in [-0.3, -0.25) is 4.68 Å². The Hall–Kier alpha value is -3.23. The summed E-state index contributed by atoms with van der Waals surface area (Å²) in [6.07, 6.45) is 9.90. The molecule has 0 bridgehead atoms. The summed E-state index contributed by atoms with van der Waals surface area (Å²) in [5.74, 6) is 0.601. The third-order valence-electron chi connectivity index (χ3n) is 7.37. The van der Waals surface area contributed by atoms with E-state index in [1.807, 2.05) is 18.5 Å². The Kier molecular flexibility index (Phi) is 6.58. The molecule has 0 unspecified atom stereocenters. The highest BCUT2D eigenvalue weighted by molar-refractivity contribution is 5.90. The standard InChI is InChI=1S/C27H37N7O/c1-18-12-20(13-19(2)26(18)33-8-6-32(3)7-9-33)25(28)14-23-24(16-30-27(23)29)21-15-31-34(17-21)22-4-10-35-11-5-22/h12-17,22,30H,4-11,28-29H2,1-3H3/b25-14-. The number of benzene rings is 1. The lowest BCUT2D eigenvalue weighted by Gasteiger charge is -2.36. The number of hydrogen-bond donors (Lipinski definition) is 3. The van der Waals surface area contributed by atoms with Crippen molar-refractivity contribution < 1.29 is 4.74 Å². The molecule has 0 spiro atoms. The maximum Gasteiger partial charge on any atom is 0.108 e. The van der Waals surface area contributed by atoms with E-state index in [2.05, 4.69) is 63.8 Å². The summed E-state index contributed by atoms with van der Waals surface area (Å²) in [5.41, 5.74) is 21.5. The van der Waals surface area contributed by atoms with Gasteiger partial charge in [-0.25, -0.2) is 0 Å². The second-order valence-electron chi connectivity index (χ2n) is 9.93. The van der Waals surface area contributed by atoms with E-state index in [1.54, 1.807) is 0 Å². The van der Waals surface area contributed by atoms with Crippen LogP contribution in [0.5, 0.6) is 0 Å². The van der Waals surface area contributed by atoms with Crippen LogP contribution in [0.3, 0.4) is 0 Å². The number of aromatic nitrogens is 3. The zero-order chi connectivity index (χ0) is 24.5. The lowest BCUT2D eigenvalue weighted by molar-refractivity contribution is 0.0662. The maximum absolute atomic E-state index is 6.65. The molecule has 0 amide bonds. The fourth-order valence-electron chi connectivity index (χ4n) is 5.36. The van der Waals surface area contributed by atoms with E-state index in [-0.39, 0.29) is 0 Å². The van der Waals surface area contributed by atoms with Crippen molar-refractivity contribution in [3.05, 3.63) is 53.0 Å². The lowest BCUT2D eigenvalue weighted by Crippen LogP contribution is -2.45. The highest BCUT2D eigenvalue weighted by atomic mass is 16.5.